The van der Waals surface area contributed by atoms with Gasteiger partial charge in [0.15, 0.2) is 0 Å². The van der Waals surface area contributed by atoms with E-state index in [9.17, 15) is 9.59 Å². The quantitative estimate of drug-likeness (QED) is 0.418. The van der Waals surface area contributed by atoms with Gasteiger partial charge in [0.25, 0.3) is 0 Å². The van der Waals surface area contributed by atoms with Gasteiger partial charge in [0.1, 0.15) is 6.04 Å². The van der Waals surface area contributed by atoms with Crippen molar-refractivity contribution in [1.82, 2.24) is 0 Å². The number of carboxylic acid groups (broad SMARTS) is 2. The van der Waals surface area contributed by atoms with Crippen LogP contribution in [0.5, 0.6) is 0 Å². The summed E-state index contributed by atoms with van der Waals surface area (Å²) in [4.78, 5) is 18.8. The lowest BCUT2D eigenvalue weighted by Crippen LogP contribution is -2.25. The van der Waals surface area contributed by atoms with E-state index in [1.54, 1.807) is 0 Å². The standard InChI is InChI=1S/C3H7NO2.C2H5NO2.FH/c1-2(4)3(5)6;3-1-2(4)5;/h2H,4H2,1H3,(H,5,6);1,3H2,(H,4,5);1H. The van der Waals surface area contributed by atoms with Crippen molar-refractivity contribution in [2.24, 2.45) is 11.5 Å². The average Bonchev–Trinajstić information content (AvgIpc) is 1.89. The zero-order valence-corrected chi connectivity index (χ0v) is 6.56. The molecule has 1 unspecified atom stereocenters. The molecule has 0 aliphatic rings. The highest BCUT2D eigenvalue weighted by molar-refractivity contribution is 5.72. The van der Waals surface area contributed by atoms with Crippen LogP contribution in [0.25, 0.3) is 0 Å². The Bertz CT molecular complexity index is 139. The van der Waals surface area contributed by atoms with Crippen molar-refractivity contribution in [3.05, 3.63) is 0 Å². The van der Waals surface area contributed by atoms with Crippen LogP contribution < -0.4 is 11.5 Å². The minimum absolute atomic E-state index is 0. The summed E-state index contributed by atoms with van der Waals surface area (Å²) in [6.07, 6.45) is 0. The van der Waals surface area contributed by atoms with Gasteiger partial charge in [-0.15, -0.1) is 0 Å². The Morgan fingerprint density at radius 3 is 1.58 bits per heavy atom. The topological polar surface area (TPSA) is 127 Å². The van der Waals surface area contributed by atoms with Crippen LogP contribution in [0.4, 0.5) is 4.70 Å². The molecule has 12 heavy (non-hydrogen) atoms. The summed E-state index contributed by atoms with van der Waals surface area (Å²) in [5.41, 5.74) is 9.41. The number of rotatable bonds is 2. The predicted molar refractivity (Wildman–Crippen MR) is 40.5 cm³/mol. The zero-order chi connectivity index (χ0) is 9.44. The molecule has 0 bridgehead atoms. The highest BCUT2D eigenvalue weighted by atomic mass is 19.0. The molecule has 6 nitrogen and oxygen atoms in total. The number of carbonyl (C=O) groups is 2. The highest BCUT2D eigenvalue weighted by Gasteiger charge is 1.99. The number of carboxylic acids is 2. The minimum atomic E-state index is -0.968. The van der Waals surface area contributed by atoms with Crippen LogP contribution in [0.3, 0.4) is 0 Å². The van der Waals surface area contributed by atoms with Gasteiger partial charge in [0.2, 0.25) is 0 Å². The van der Waals surface area contributed by atoms with Crippen molar-refractivity contribution in [2.45, 2.75) is 13.0 Å². The third-order valence-corrected chi connectivity index (χ3v) is 0.564. The third kappa shape index (κ3) is 23.2. The first-order chi connectivity index (χ1) is 4.91. The maximum absolute atomic E-state index is 9.57. The third-order valence-electron chi connectivity index (χ3n) is 0.564. The number of hydrogen-bond acceptors (Lipinski definition) is 4. The molecule has 0 rings (SSSR count). The van der Waals surface area contributed by atoms with Crippen LogP contribution in [-0.4, -0.2) is 34.7 Å². The van der Waals surface area contributed by atoms with Gasteiger partial charge in [-0.1, -0.05) is 0 Å². The Morgan fingerprint density at radius 1 is 1.42 bits per heavy atom. The number of aliphatic carboxylic acids is 2. The van der Waals surface area contributed by atoms with Gasteiger partial charge in [-0.05, 0) is 6.92 Å². The van der Waals surface area contributed by atoms with E-state index < -0.39 is 18.0 Å². The Balaban J connectivity index is -0.000000126. The molecule has 74 valence electrons. The molecule has 0 amide bonds. The smallest absolute Gasteiger partial charge is 0.320 e. The molecule has 0 aliphatic carbocycles. The Kier molecular flexibility index (Phi) is 13.9. The van der Waals surface area contributed by atoms with Crippen molar-refractivity contribution in [3.8, 4) is 0 Å². The average molecular weight is 184 g/mol. The fourth-order valence-corrected chi connectivity index (χ4v) is 0. The highest BCUT2D eigenvalue weighted by Crippen LogP contribution is 1.68. The first-order valence-electron chi connectivity index (χ1n) is 2.82. The van der Waals surface area contributed by atoms with Crippen LogP contribution in [0, 0.1) is 0 Å². The molecule has 7 heteroatoms. The van der Waals surface area contributed by atoms with E-state index in [1.165, 1.54) is 6.92 Å². The summed E-state index contributed by atoms with van der Waals surface area (Å²) < 4.78 is 0. The van der Waals surface area contributed by atoms with E-state index in [0.29, 0.717) is 0 Å². The molecular weight excluding hydrogens is 171 g/mol. The van der Waals surface area contributed by atoms with Crippen LogP contribution in [0.1, 0.15) is 6.92 Å². The molecule has 0 aromatic rings. The van der Waals surface area contributed by atoms with Crippen molar-refractivity contribution in [1.29, 1.82) is 0 Å². The van der Waals surface area contributed by atoms with E-state index >= 15 is 0 Å². The summed E-state index contributed by atoms with van der Waals surface area (Å²) in [5.74, 6) is -1.93. The molecule has 1 atom stereocenters. The fraction of sp³-hybridized carbons (Fsp3) is 0.600. The maximum atomic E-state index is 9.57. The first-order valence-corrected chi connectivity index (χ1v) is 2.82. The molecule has 0 saturated heterocycles. The molecule has 0 aromatic heterocycles. The molecule has 0 aromatic carbocycles. The second-order valence-corrected chi connectivity index (χ2v) is 1.72. The molecular formula is C5H13FN2O4. The van der Waals surface area contributed by atoms with Crippen molar-refractivity contribution in [3.63, 3.8) is 0 Å². The van der Waals surface area contributed by atoms with Gasteiger partial charge >= 0.3 is 11.9 Å². The predicted octanol–water partition coefficient (Wildman–Crippen LogP) is -1.40. The van der Waals surface area contributed by atoms with Crippen molar-refractivity contribution < 1.29 is 24.5 Å². The normalized spacial score (nSPS) is 9.92. The van der Waals surface area contributed by atoms with Crippen LogP contribution in [0.15, 0.2) is 0 Å². The van der Waals surface area contributed by atoms with E-state index in [1.807, 2.05) is 0 Å². The van der Waals surface area contributed by atoms with Gasteiger partial charge < -0.3 is 21.7 Å². The maximum Gasteiger partial charge on any atom is 0.320 e. The van der Waals surface area contributed by atoms with E-state index in [2.05, 4.69) is 5.73 Å². The largest absolute Gasteiger partial charge is 0.480 e. The lowest BCUT2D eigenvalue weighted by atomic mass is 10.4. The van der Waals surface area contributed by atoms with Gasteiger partial charge in [0.05, 0.1) is 6.54 Å². The zero-order valence-electron chi connectivity index (χ0n) is 6.56. The minimum Gasteiger partial charge on any atom is -0.480 e. The lowest BCUT2D eigenvalue weighted by Gasteiger charge is -1.90. The first kappa shape index (κ1) is 17.0. The number of halogens is 1. The van der Waals surface area contributed by atoms with Gasteiger partial charge in [-0.3, -0.25) is 14.3 Å². The molecule has 0 spiro atoms. The summed E-state index contributed by atoms with van der Waals surface area (Å²) in [6.45, 7) is 1.14. The monoisotopic (exact) mass is 184 g/mol. The van der Waals surface area contributed by atoms with Crippen LogP contribution >= 0.6 is 0 Å². The Labute approximate surface area is 68.5 Å². The molecule has 6 N–H and O–H groups in total. The van der Waals surface area contributed by atoms with E-state index in [4.69, 9.17) is 15.9 Å². The Hall–Kier alpha value is -1.21. The van der Waals surface area contributed by atoms with Gasteiger partial charge in [-0.25, -0.2) is 0 Å². The second kappa shape index (κ2) is 9.79. The second-order valence-electron chi connectivity index (χ2n) is 1.72. The number of hydrogen-bond donors (Lipinski definition) is 4. The van der Waals surface area contributed by atoms with Crippen molar-refractivity contribution >= 4 is 11.9 Å². The van der Waals surface area contributed by atoms with Crippen LogP contribution in [0.2, 0.25) is 0 Å². The summed E-state index contributed by atoms with van der Waals surface area (Å²) in [7, 11) is 0. The Morgan fingerprint density at radius 2 is 1.58 bits per heavy atom. The SMILES string of the molecule is CC(N)C(=O)O.F.NCC(=O)O. The summed E-state index contributed by atoms with van der Waals surface area (Å²) in [5, 5.41) is 15.5. The molecule has 0 heterocycles. The van der Waals surface area contributed by atoms with Crippen LogP contribution in [-0.2, 0) is 9.59 Å². The van der Waals surface area contributed by atoms with Gasteiger partial charge in [-0.2, -0.15) is 0 Å². The molecule has 0 saturated carbocycles. The molecule has 0 radical (unpaired) electrons. The number of nitrogens with two attached hydrogens (primary N) is 2. The molecule has 0 fully saturated rings. The van der Waals surface area contributed by atoms with Gasteiger partial charge in [0, 0.05) is 0 Å². The van der Waals surface area contributed by atoms with E-state index in [-0.39, 0.29) is 11.2 Å². The lowest BCUT2D eigenvalue weighted by molar-refractivity contribution is -0.138. The van der Waals surface area contributed by atoms with Crippen molar-refractivity contribution in [2.75, 3.05) is 6.54 Å². The fourth-order valence-electron chi connectivity index (χ4n) is 0. The summed E-state index contributed by atoms with van der Waals surface area (Å²) >= 11 is 0. The summed E-state index contributed by atoms with van der Waals surface area (Å²) in [6, 6.07) is -0.731. The molecule has 0 aliphatic heterocycles. The van der Waals surface area contributed by atoms with E-state index in [0.717, 1.165) is 0 Å².